The van der Waals surface area contributed by atoms with Crippen LogP contribution in [-0.2, 0) is 14.6 Å². The molecule has 8 heteroatoms. The van der Waals surface area contributed by atoms with Crippen LogP contribution in [0.15, 0.2) is 24.3 Å². The molecule has 1 heterocycles. The number of rotatable bonds is 6. The van der Waals surface area contributed by atoms with Crippen molar-refractivity contribution in [3.05, 3.63) is 35.4 Å². The van der Waals surface area contributed by atoms with Crippen molar-refractivity contribution in [1.29, 1.82) is 0 Å². The zero-order chi connectivity index (χ0) is 16.8. The van der Waals surface area contributed by atoms with E-state index in [4.69, 9.17) is 16.6 Å². The van der Waals surface area contributed by atoms with E-state index >= 15 is 0 Å². The molecule has 1 fully saturated rings. The third-order valence-electron chi connectivity index (χ3n) is 2.93. The van der Waals surface area contributed by atoms with Crippen molar-refractivity contribution < 1.29 is 29.3 Å². The predicted molar refractivity (Wildman–Crippen MR) is 75.5 cm³/mol. The molecule has 0 spiro atoms. The average Bonchev–Trinajstić information content (AvgIpc) is 3.27. The number of primary amides is 2. The molecule has 2 amide bonds. The molecular weight excluding hydrogens is 292 g/mol. The Kier molecular flexibility index (Phi) is 6.02. The Morgan fingerprint density at radius 2 is 1.55 bits per heavy atom. The standard InChI is InChI=1S/C8H8N2O2.C6H10O4/c9-7(11)5-3-1-2-4-6(5)8(10)12;1-2-3-4-6(5(7)8)9-10-6/h1-4H,(H2,9,11)(H2,10,12);2-4H2,1H3,(H,7,8). The SMILES string of the molecule is CCCCC1(C(=O)O)OO1.NC(=O)c1ccccc1C(N)=O. The molecular formula is C14H18N2O6. The maximum atomic E-state index is 10.7. The molecule has 0 radical (unpaired) electrons. The van der Waals surface area contributed by atoms with Gasteiger partial charge in [-0.1, -0.05) is 25.5 Å². The summed E-state index contributed by atoms with van der Waals surface area (Å²) in [4.78, 5) is 40.5. The molecule has 1 aromatic rings. The maximum Gasteiger partial charge on any atom is 0.370 e. The molecule has 0 aromatic heterocycles. The van der Waals surface area contributed by atoms with Gasteiger partial charge in [0.05, 0.1) is 11.1 Å². The smallest absolute Gasteiger partial charge is 0.370 e. The first-order chi connectivity index (χ1) is 10.3. The highest BCUT2D eigenvalue weighted by Gasteiger charge is 2.56. The Hall–Kier alpha value is -2.45. The Bertz CT molecular complexity index is 535. The number of carbonyl (C=O) groups excluding carboxylic acids is 2. The molecule has 1 aromatic carbocycles. The minimum Gasteiger partial charge on any atom is -0.477 e. The van der Waals surface area contributed by atoms with Gasteiger partial charge in [-0.05, 0) is 18.6 Å². The first-order valence-electron chi connectivity index (χ1n) is 6.63. The van der Waals surface area contributed by atoms with Crippen LogP contribution in [0.3, 0.4) is 0 Å². The van der Waals surface area contributed by atoms with Crippen molar-refractivity contribution in [2.45, 2.75) is 32.0 Å². The van der Waals surface area contributed by atoms with Crippen LogP contribution in [0.1, 0.15) is 46.9 Å². The van der Waals surface area contributed by atoms with Crippen molar-refractivity contribution in [1.82, 2.24) is 0 Å². The fourth-order valence-electron chi connectivity index (χ4n) is 1.63. The summed E-state index contributed by atoms with van der Waals surface area (Å²) in [6, 6.07) is 6.16. The van der Waals surface area contributed by atoms with Gasteiger partial charge in [0.15, 0.2) is 0 Å². The van der Waals surface area contributed by atoms with Crippen LogP contribution in [0.4, 0.5) is 0 Å². The van der Waals surface area contributed by atoms with Gasteiger partial charge in [0.2, 0.25) is 11.8 Å². The van der Waals surface area contributed by atoms with Crippen LogP contribution in [0, 0.1) is 0 Å². The highest BCUT2D eigenvalue weighted by molar-refractivity contribution is 6.06. The predicted octanol–water partition coefficient (Wildman–Crippen LogP) is 0.804. The van der Waals surface area contributed by atoms with Crippen LogP contribution in [-0.4, -0.2) is 28.7 Å². The van der Waals surface area contributed by atoms with E-state index in [1.54, 1.807) is 12.1 Å². The first-order valence-corrected chi connectivity index (χ1v) is 6.63. The molecule has 0 bridgehead atoms. The summed E-state index contributed by atoms with van der Waals surface area (Å²) >= 11 is 0. The van der Waals surface area contributed by atoms with Gasteiger partial charge in [0, 0.05) is 6.42 Å². The monoisotopic (exact) mass is 310 g/mol. The Balaban J connectivity index is 0.000000224. The van der Waals surface area contributed by atoms with E-state index in [0.29, 0.717) is 6.42 Å². The van der Waals surface area contributed by atoms with Gasteiger partial charge in [-0.3, -0.25) is 9.59 Å². The van der Waals surface area contributed by atoms with Gasteiger partial charge in [0.1, 0.15) is 0 Å². The summed E-state index contributed by atoms with van der Waals surface area (Å²) in [5.74, 6) is -3.61. The number of benzene rings is 1. The lowest BCUT2D eigenvalue weighted by molar-refractivity contribution is -0.144. The van der Waals surface area contributed by atoms with Gasteiger partial charge in [-0.2, -0.15) is 9.78 Å². The second kappa shape index (κ2) is 7.53. The Morgan fingerprint density at radius 1 is 1.09 bits per heavy atom. The molecule has 120 valence electrons. The molecule has 0 unspecified atom stereocenters. The molecule has 1 aliphatic rings. The fourth-order valence-corrected chi connectivity index (χ4v) is 1.63. The number of aliphatic carboxylic acids is 1. The number of carboxylic acid groups (broad SMARTS) is 1. The number of carboxylic acids is 1. The van der Waals surface area contributed by atoms with Crippen LogP contribution in [0.5, 0.6) is 0 Å². The second-order valence-electron chi connectivity index (χ2n) is 4.60. The molecule has 2 rings (SSSR count). The summed E-state index contributed by atoms with van der Waals surface area (Å²) in [5.41, 5.74) is 10.3. The van der Waals surface area contributed by atoms with Crippen molar-refractivity contribution in [3.8, 4) is 0 Å². The molecule has 0 atom stereocenters. The van der Waals surface area contributed by atoms with Gasteiger partial charge in [0.25, 0.3) is 0 Å². The molecule has 0 aliphatic carbocycles. The number of nitrogens with two attached hydrogens (primary N) is 2. The largest absolute Gasteiger partial charge is 0.477 e. The van der Waals surface area contributed by atoms with Crippen LogP contribution in [0.2, 0.25) is 0 Å². The molecule has 0 saturated carbocycles. The third kappa shape index (κ3) is 4.54. The average molecular weight is 310 g/mol. The third-order valence-corrected chi connectivity index (χ3v) is 2.93. The number of hydrogen-bond acceptors (Lipinski definition) is 5. The van der Waals surface area contributed by atoms with Crippen molar-refractivity contribution in [3.63, 3.8) is 0 Å². The van der Waals surface area contributed by atoms with Gasteiger partial charge in [-0.25, -0.2) is 4.79 Å². The molecule has 22 heavy (non-hydrogen) atoms. The van der Waals surface area contributed by atoms with E-state index in [2.05, 4.69) is 9.78 Å². The van der Waals surface area contributed by atoms with E-state index in [9.17, 15) is 14.4 Å². The quantitative estimate of drug-likeness (QED) is 0.522. The van der Waals surface area contributed by atoms with Crippen molar-refractivity contribution in [2.75, 3.05) is 0 Å². The topological polar surface area (TPSA) is 149 Å². The van der Waals surface area contributed by atoms with E-state index in [-0.39, 0.29) is 11.1 Å². The van der Waals surface area contributed by atoms with Crippen LogP contribution in [0.25, 0.3) is 0 Å². The fraction of sp³-hybridized carbons (Fsp3) is 0.357. The number of hydrogen-bond donors (Lipinski definition) is 3. The second-order valence-corrected chi connectivity index (χ2v) is 4.60. The zero-order valence-electron chi connectivity index (χ0n) is 12.1. The minimum atomic E-state index is -1.28. The maximum absolute atomic E-state index is 10.7. The van der Waals surface area contributed by atoms with E-state index in [1.807, 2.05) is 6.92 Å². The van der Waals surface area contributed by atoms with E-state index in [1.165, 1.54) is 12.1 Å². The van der Waals surface area contributed by atoms with Crippen molar-refractivity contribution in [2.24, 2.45) is 11.5 Å². The molecule has 1 saturated heterocycles. The summed E-state index contributed by atoms with van der Waals surface area (Å²) in [5, 5.41) is 8.48. The lowest BCUT2D eigenvalue weighted by atomic mass is 10.1. The minimum absolute atomic E-state index is 0.157. The van der Waals surface area contributed by atoms with Gasteiger partial charge >= 0.3 is 11.8 Å². The summed E-state index contributed by atoms with van der Waals surface area (Å²) < 4.78 is 0. The highest BCUT2D eigenvalue weighted by Crippen LogP contribution is 2.34. The molecule has 5 N–H and O–H groups in total. The van der Waals surface area contributed by atoms with Crippen LogP contribution < -0.4 is 11.5 Å². The van der Waals surface area contributed by atoms with Gasteiger partial charge in [-0.15, -0.1) is 0 Å². The van der Waals surface area contributed by atoms with Gasteiger partial charge < -0.3 is 16.6 Å². The number of carbonyl (C=O) groups is 3. The first kappa shape index (κ1) is 17.6. The van der Waals surface area contributed by atoms with Crippen LogP contribution >= 0.6 is 0 Å². The highest BCUT2D eigenvalue weighted by atomic mass is 17.4. The molecule has 8 nitrogen and oxygen atoms in total. The van der Waals surface area contributed by atoms with E-state index < -0.39 is 23.6 Å². The number of amides is 2. The lowest BCUT2D eigenvalue weighted by Crippen LogP contribution is -2.22. The number of unbranched alkanes of at least 4 members (excludes halogenated alkanes) is 1. The zero-order valence-corrected chi connectivity index (χ0v) is 12.1. The summed E-state index contributed by atoms with van der Waals surface area (Å²) in [7, 11) is 0. The molecule has 1 aliphatic heterocycles. The normalized spacial score (nSPS) is 14.4. The summed E-state index contributed by atoms with van der Waals surface area (Å²) in [6.45, 7) is 1.98. The van der Waals surface area contributed by atoms with Crippen molar-refractivity contribution >= 4 is 17.8 Å². The Morgan fingerprint density at radius 3 is 1.82 bits per heavy atom. The summed E-state index contributed by atoms with van der Waals surface area (Å²) in [6.07, 6.45) is 2.20. The van der Waals surface area contributed by atoms with E-state index in [0.717, 1.165) is 12.8 Å². The lowest BCUT2D eigenvalue weighted by Gasteiger charge is -2.00. The Labute approximate surface area is 126 Å².